The van der Waals surface area contributed by atoms with Crippen molar-refractivity contribution >= 4 is 5.91 Å². The number of hydrogen-bond donors (Lipinski definition) is 1. The van der Waals surface area contributed by atoms with E-state index in [9.17, 15) is 4.79 Å². The molecule has 1 N–H and O–H groups in total. The number of carbonyl (C=O) groups excluding carboxylic acids is 1. The van der Waals surface area contributed by atoms with Crippen molar-refractivity contribution in [3.63, 3.8) is 0 Å². The number of aryl methyl sites for hydroxylation is 1. The Morgan fingerprint density at radius 1 is 0.968 bits per heavy atom. The van der Waals surface area contributed by atoms with Gasteiger partial charge in [0.2, 0.25) is 0 Å². The highest BCUT2D eigenvalue weighted by Crippen LogP contribution is 2.19. The molecule has 31 heavy (non-hydrogen) atoms. The van der Waals surface area contributed by atoms with Crippen molar-refractivity contribution in [2.45, 2.75) is 25.0 Å². The van der Waals surface area contributed by atoms with Crippen LogP contribution in [0.4, 0.5) is 0 Å². The standard InChI is InChI=1S/C25H30N4O2/c26-15-21-8-10-22(11-9-21)25(30)27-12-14-29-18-23-16-28(17-24(19-29)31-23)13-4-7-20-5-2-1-3-6-20/h1-3,5-6,8-11,23-24H,4,7,12-14,16-19H2,(H,27,30). The maximum atomic E-state index is 12.3. The average molecular weight is 419 g/mol. The summed E-state index contributed by atoms with van der Waals surface area (Å²) in [6.45, 7) is 6.35. The highest BCUT2D eigenvalue weighted by Gasteiger charge is 2.34. The molecular formula is C25H30N4O2. The lowest BCUT2D eigenvalue weighted by molar-refractivity contribution is -0.138. The van der Waals surface area contributed by atoms with Crippen molar-refractivity contribution in [3.8, 4) is 6.07 Å². The van der Waals surface area contributed by atoms with Crippen molar-refractivity contribution in [3.05, 3.63) is 71.3 Å². The summed E-state index contributed by atoms with van der Waals surface area (Å²) in [4.78, 5) is 17.2. The third-order valence-corrected chi connectivity index (χ3v) is 6.00. The van der Waals surface area contributed by atoms with Crippen molar-refractivity contribution in [2.24, 2.45) is 0 Å². The Hall–Kier alpha value is -2.72. The summed E-state index contributed by atoms with van der Waals surface area (Å²) in [5.74, 6) is -0.0949. The second kappa shape index (κ2) is 10.5. The van der Waals surface area contributed by atoms with Crippen molar-refractivity contribution in [1.29, 1.82) is 5.26 Å². The number of nitrogens with zero attached hydrogens (tertiary/aromatic N) is 3. The lowest BCUT2D eigenvalue weighted by Crippen LogP contribution is -2.60. The summed E-state index contributed by atoms with van der Waals surface area (Å²) < 4.78 is 6.17. The number of carbonyl (C=O) groups is 1. The van der Waals surface area contributed by atoms with E-state index in [0.29, 0.717) is 17.7 Å². The van der Waals surface area contributed by atoms with E-state index in [2.05, 4.69) is 51.5 Å². The van der Waals surface area contributed by atoms with Crippen LogP contribution in [0.25, 0.3) is 0 Å². The third-order valence-electron chi connectivity index (χ3n) is 6.00. The molecule has 6 nitrogen and oxygen atoms in total. The molecule has 2 aliphatic heterocycles. The summed E-state index contributed by atoms with van der Waals surface area (Å²) in [5, 5.41) is 11.8. The van der Waals surface area contributed by atoms with Crippen LogP contribution < -0.4 is 5.32 Å². The minimum Gasteiger partial charge on any atom is -0.370 e. The lowest BCUT2D eigenvalue weighted by atomic mass is 10.1. The van der Waals surface area contributed by atoms with Crippen LogP contribution in [-0.4, -0.2) is 73.7 Å². The van der Waals surface area contributed by atoms with Crippen molar-refractivity contribution in [1.82, 2.24) is 15.1 Å². The Balaban J connectivity index is 1.16. The van der Waals surface area contributed by atoms with Gasteiger partial charge in [0, 0.05) is 44.8 Å². The van der Waals surface area contributed by atoms with Gasteiger partial charge in [0.25, 0.3) is 5.91 Å². The van der Waals surface area contributed by atoms with Gasteiger partial charge in [0.1, 0.15) is 0 Å². The number of hydrogen-bond acceptors (Lipinski definition) is 5. The molecule has 0 aromatic heterocycles. The predicted molar refractivity (Wildman–Crippen MR) is 120 cm³/mol. The molecule has 2 fully saturated rings. The third kappa shape index (κ3) is 6.14. The first kappa shape index (κ1) is 21.5. The molecule has 0 saturated carbocycles. The zero-order chi connectivity index (χ0) is 21.5. The summed E-state index contributed by atoms with van der Waals surface area (Å²) in [6.07, 6.45) is 2.80. The zero-order valence-corrected chi connectivity index (χ0v) is 17.9. The van der Waals surface area contributed by atoms with E-state index in [4.69, 9.17) is 10.00 Å². The quantitative estimate of drug-likeness (QED) is 0.713. The maximum absolute atomic E-state index is 12.3. The molecule has 4 rings (SSSR count). The smallest absolute Gasteiger partial charge is 0.251 e. The topological polar surface area (TPSA) is 68.6 Å². The maximum Gasteiger partial charge on any atom is 0.251 e. The second-order valence-electron chi connectivity index (χ2n) is 8.43. The monoisotopic (exact) mass is 418 g/mol. The van der Waals surface area contributed by atoms with E-state index in [1.807, 2.05) is 0 Å². The van der Waals surface area contributed by atoms with Gasteiger partial charge in [-0.05, 0) is 49.2 Å². The molecule has 1 amide bonds. The summed E-state index contributed by atoms with van der Waals surface area (Å²) in [5.41, 5.74) is 2.56. The fraction of sp³-hybridized carbons (Fsp3) is 0.440. The van der Waals surface area contributed by atoms with Crippen LogP contribution in [0.3, 0.4) is 0 Å². The molecule has 0 spiro atoms. The lowest BCUT2D eigenvalue weighted by Gasteiger charge is -2.46. The number of ether oxygens (including phenoxy) is 1. The molecule has 0 radical (unpaired) electrons. The Bertz CT molecular complexity index is 880. The van der Waals surface area contributed by atoms with Gasteiger partial charge >= 0.3 is 0 Å². The number of morpholine rings is 2. The molecule has 2 unspecified atom stereocenters. The Morgan fingerprint density at radius 3 is 2.26 bits per heavy atom. The van der Waals surface area contributed by atoms with E-state index in [1.54, 1.807) is 24.3 Å². The van der Waals surface area contributed by atoms with Gasteiger partial charge in [0.05, 0.1) is 23.8 Å². The highest BCUT2D eigenvalue weighted by atomic mass is 16.5. The van der Waals surface area contributed by atoms with E-state index >= 15 is 0 Å². The van der Waals surface area contributed by atoms with Crippen LogP contribution in [0.2, 0.25) is 0 Å². The first-order valence-electron chi connectivity index (χ1n) is 11.1. The van der Waals surface area contributed by atoms with Crippen LogP contribution in [-0.2, 0) is 11.2 Å². The molecule has 2 atom stereocenters. The number of benzene rings is 2. The van der Waals surface area contributed by atoms with E-state index in [-0.39, 0.29) is 18.1 Å². The molecular weight excluding hydrogens is 388 g/mol. The molecule has 2 aliphatic rings. The summed E-state index contributed by atoms with van der Waals surface area (Å²) >= 11 is 0. The number of nitriles is 1. The number of nitrogens with one attached hydrogen (secondary N) is 1. The van der Waals surface area contributed by atoms with Gasteiger partial charge in [0.15, 0.2) is 0 Å². The molecule has 2 aromatic carbocycles. The minimum atomic E-state index is -0.0949. The van der Waals surface area contributed by atoms with Gasteiger partial charge in [-0.2, -0.15) is 5.26 Å². The Kier molecular flexibility index (Phi) is 7.31. The van der Waals surface area contributed by atoms with Gasteiger partial charge in [-0.25, -0.2) is 0 Å². The van der Waals surface area contributed by atoms with E-state index in [1.165, 1.54) is 12.0 Å². The zero-order valence-electron chi connectivity index (χ0n) is 17.9. The molecule has 6 heteroatoms. The fourth-order valence-corrected chi connectivity index (χ4v) is 4.50. The predicted octanol–water partition coefficient (Wildman–Crippen LogP) is 2.31. The summed E-state index contributed by atoms with van der Waals surface area (Å²) in [7, 11) is 0. The number of amides is 1. The normalized spacial score (nSPS) is 21.4. The number of rotatable bonds is 8. The molecule has 162 valence electrons. The largest absolute Gasteiger partial charge is 0.370 e. The first-order valence-corrected chi connectivity index (χ1v) is 11.1. The van der Waals surface area contributed by atoms with Gasteiger partial charge in [-0.15, -0.1) is 0 Å². The Morgan fingerprint density at radius 2 is 1.61 bits per heavy atom. The van der Waals surface area contributed by atoms with Crippen LogP contribution in [0.5, 0.6) is 0 Å². The molecule has 0 aliphatic carbocycles. The van der Waals surface area contributed by atoms with Crippen molar-refractivity contribution < 1.29 is 9.53 Å². The fourth-order valence-electron chi connectivity index (χ4n) is 4.50. The second-order valence-corrected chi connectivity index (χ2v) is 8.43. The van der Waals surface area contributed by atoms with E-state index < -0.39 is 0 Å². The van der Waals surface area contributed by atoms with Crippen LogP contribution in [0.15, 0.2) is 54.6 Å². The first-order chi connectivity index (χ1) is 15.2. The van der Waals surface area contributed by atoms with Gasteiger partial charge < -0.3 is 10.1 Å². The molecule has 2 aromatic rings. The summed E-state index contributed by atoms with van der Waals surface area (Å²) in [6, 6.07) is 19.5. The SMILES string of the molecule is N#Cc1ccc(C(=O)NCCN2CC3CN(CCCc4ccccc4)CC(C2)O3)cc1. The van der Waals surface area contributed by atoms with Crippen LogP contribution >= 0.6 is 0 Å². The van der Waals surface area contributed by atoms with Gasteiger partial charge in [-0.1, -0.05) is 30.3 Å². The minimum absolute atomic E-state index is 0.0949. The molecule has 2 bridgehead atoms. The highest BCUT2D eigenvalue weighted by molar-refractivity contribution is 5.94. The van der Waals surface area contributed by atoms with Crippen LogP contribution in [0.1, 0.15) is 27.9 Å². The van der Waals surface area contributed by atoms with Gasteiger partial charge in [-0.3, -0.25) is 14.6 Å². The Labute approximate surface area is 184 Å². The molecule has 2 saturated heterocycles. The van der Waals surface area contributed by atoms with Crippen LogP contribution in [0, 0.1) is 11.3 Å². The average Bonchev–Trinajstić information content (AvgIpc) is 2.79. The number of fused-ring (bicyclic) bond motifs is 2. The van der Waals surface area contributed by atoms with Crippen molar-refractivity contribution in [2.75, 3.05) is 45.8 Å². The van der Waals surface area contributed by atoms with E-state index in [0.717, 1.165) is 45.7 Å². The molecule has 2 heterocycles.